The van der Waals surface area contributed by atoms with Gasteiger partial charge in [0.05, 0.1) is 10.8 Å². The quantitative estimate of drug-likeness (QED) is 0.605. The summed E-state index contributed by atoms with van der Waals surface area (Å²) in [4.78, 5) is 0. The van der Waals surface area contributed by atoms with Gasteiger partial charge in [-0.15, -0.1) is 23.2 Å². The Morgan fingerprint density at radius 3 is 2.39 bits per heavy atom. The molecule has 3 rings (SSSR count). The minimum absolute atomic E-state index is 0.132. The van der Waals surface area contributed by atoms with Gasteiger partial charge in [-0.2, -0.15) is 0 Å². The van der Waals surface area contributed by atoms with Crippen LogP contribution in [0.1, 0.15) is 49.5 Å². The first-order chi connectivity index (χ1) is 8.73. The van der Waals surface area contributed by atoms with Gasteiger partial charge in [0.25, 0.3) is 0 Å². The second-order valence-electron chi connectivity index (χ2n) is 5.42. The van der Waals surface area contributed by atoms with Crippen LogP contribution in [-0.2, 0) is 0 Å². The van der Waals surface area contributed by atoms with Crippen molar-refractivity contribution < 1.29 is 4.74 Å². The van der Waals surface area contributed by atoms with Crippen LogP contribution in [0.2, 0.25) is 0 Å². The molecule has 1 aliphatic carbocycles. The Labute approximate surface area is 118 Å². The van der Waals surface area contributed by atoms with Crippen molar-refractivity contribution in [3.63, 3.8) is 0 Å². The van der Waals surface area contributed by atoms with Crippen LogP contribution in [0.4, 0.5) is 0 Å². The number of alkyl halides is 2. The van der Waals surface area contributed by atoms with E-state index in [0.717, 1.165) is 24.2 Å². The van der Waals surface area contributed by atoms with Gasteiger partial charge >= 0.3 is 0 Å². The molecule has 1 aliphatic heterocycles. The maximum atomic E-state index is 6.65. The Morgan fingerprint density at radius 2 is 1.67 bits per heavy atom. The van der Waals surface area contributed by atoms with E-state index < -0.39 is 0 Å². The maximum absolute atomic E-state index is 6.65. The third kappa shape index (κ3) is 2.02. The number of hydrogen-bond donors (Lipinski definition) is 0. The normalized spacial score (nSPS) is 30.3. The third-order valence-electron chi connectivity index (χ3n) is 4.24. The van der Waals surface area contributed by atoms with Gasteiger partial charge in [-0.25, -0.2) is 0 Å². The molecule has 0 unspecified atom stereocenters. The van der Waals surface area contributed by atoms with Gasteiger partial charge in [0.1, 0.15) is 11.4 Å². The molecule has 0 saturated heterocycles. The number of halogens is 2. The van der Waals surface area contributed by atoms with Crippen molar-refractivity contribution in [3.8, 4) is 5.75 Å². The minimum atomic E-state index is -0.251. The van der Waals surface area contributed by atoms with E-state index in [1.165, 1.54) is 25.7 Å². The van der Waals surface area contributed by atoms with E-state index in [-0.39, 0.29) is 16.4 Å². The van der Waals surface area contributed by atoms with Gasteiger partial charge in [-0.1, -0.05) is 31.0 Å². The molecule has 0 radical (unpaired) electrons. The molecule has 1 fully saturated rings. The molecule has 0 aromatic heterocycles. The van der Waals surface area contributed by atoms with E-state index in [1.54, 1.807) is 0 Å². The van der Waals surface area contributed by atoms with Crippen molar-refractivity contribution in [3.05, 3.63) is 29.8 Å². The molecule has 1 heterocycles. The lowest BCUT2D eigenvalue weighted by atomic mass is 9.84. The molecule has 1 aromatic carbocycles. The summed E-state index contributed by atoms with van der Waals surface area (Å²) >= 11 is 13.2. The summed E-state index contributed by atoms with van der Waals surface area (Å²) in [5.41, 5.74) is 0.785. The molecule has 1 spiro atoms. The Kier molecular flexibility index (Phi) is 3.46. The monoisotopic (exact) mass is 284 g/mol. The summed E-state index contributed by atoms with van der Waals surface area (Å²) in [5.74, 6) is 0.927. The molecule has 1 saturated carbocycles. The lowest BCUT2D eigenvalue weighted by Gasteiger charge is -2.44. The van der Waals surface area contributed by atoms with Gasteiger partial charge in [0.2, 0.25) is 0 Å². The zero-order chi connectivity index (χ0) is 12.6. The number of fused-ring (bicyclic) bond motifs is 1. The maximum Gasteiger partial charge on any atom is 0.127 e. The number of rotatable bonds is 0. The topological polar surface area (TPSA) is 9.23 Å². The van der Waals surface area contributed by atoms with Crippen LogP contribution in [0.15, 0.2) is 24.3 Å². The predicted molar refractivity (Wildman–Crippen MR) is 75.7 cm³/mol. The molecule has 1 aromatic rings. The fourth-order valence-corrected chi connectivity index (χ4v) is 4.01. The fourth-order valence-electron chi connectivity index (χ4n) is 3.21. The molecule has 2 atom stereocenters. The van der Waals surface area contributed by atoms with E-state index in [1.807, 2.05) is 24.3 Å². The van der Waals surface area contributed by atoms with Crippen molar-refractivity contribution in [1.82, 2.24) is 0 Å². The SMILES string of the molecule is Cl[C@@H]1c2ccccc2OC2(CCCCCC2)[C@H]1Cl. The van der Waals surface area contributed by atoms with E-state index >= 15 is 0 Å². The van der Waals surface area contributed by atoms with Crippen LogP contribution < -0.4 is 4.74 Å². The van der Waals surface area contributed by atoms with Crippen LogP contribution >= 0.6 is 23.2 Å². The average molecular weight is 285 g/mol. The van der Waals surface area contributed by atoms with Gasteiger partial charge in [0.15, 0.2) is 0 Å². The summed E-state index contributed by atoms with van der Waals surface area (Å²) in [6, 6.07) is 8.03. The fraction of sp³-hybridized carbons (Fsp3) is 0.600. The molecular weight excluding hydrogens is 267 g/mol. The standard InChI is InChI=1S/C15H18Cl2O/c16-13-11-7-3-4-8-12(11)18-15(14(13)17)9-5-1-2-6-10-15/h3-4,7-8,13-14H,1-2,5-6,9-10H2/t13-,14+/m1/s1. The molecule has 0 bridgehead atoms. The lowest BCUT2D eigenvalue weighted by molar-refractivity contribution is 0.0335. The first kappa shape index (κ1) is 12.6. The Morgan fingerprint density at radius 1 is 1.00 bits per heavy atom. The van der Waals surface area contributed by atoms with E-state index in [4.69, 9.17) is 27.9 Å². The summed E-state index contributed by atoms with van der Waals surface area (Å²) in [6.07, 6.45) is 6.99. The first-order valence-corrected chi connectivity index (χ1v) is 7.66. The van der Waals surface area contributed by atoms with Crippen molar-refractivity contribution in [2.45, 2.75) is 54.9 Å². The highest BCUT2D eigenvalue weighted by Crippen LogP contribution is 2.50. The van der Waals surface area contributed by atoms with Crippen LogP contribution in [0.25, 0.3) is 0 Å². The summed E-state index contributed by atoms with van der Waals surface area (Å²) in [7, 11) is 0. The third-order valence-corrected chi connectivity index (χ3v) is 5.50. The predicted octanol–water partition coefficient (Wildman–Crippen LogP) is 5.06. The number of para-hydroxylation sites is 1. The molecule has 0 N–H and O–H groups in total. The van der Waals surface area contributed by atoms with Gasteiger partial charge < -0.3 is 4.74 Å². The molecule has 2 aliphatic rings. The molecule has 98 valence electrons. The number of benzene rings is 1. The molecule has 0 amide bonds. The Balaban J connectivity index is 1.98. The molecule has 1 nitrogen and oxygen atoms in total. The van der Waals surface area contributed by atoms with Gasteiger partial charge in [0, 0.05) is 5.56 Å². The largest absolute Gasteiger partial charge is 0.485 e. The van der Waals surface area contributed by atoms with Crippen LogP contribution in [0, 0.1) is 0 Å². The highest BCUT2D eigenvalue weighted by atomic mass is 35.5. The van der Waals surface area contributed by atoms with Gasteiger partial charge in [-0.05, 0) is 31.7 Å². The molecule has 3 heteroatoms. The van der Waals surface area contributed by atoms with Crippen LogP contribution in [0.5, 0.6) is 5.75 Å². The van der Waals surface area contributed by atoms with Crippen molar-refractivity contribution in [2.24, 2.45) is 0 Å². The minimum Gasteiger partial charge on any atom is -0.485 e. The highest BCUT2D eigenvalue weighted by molar-refractivity contribution is 6.31. The lowest BCUT2D eigenvalue weighted by Crippen LogP contribution is -2.49. The summed E-state index contributed by atoms with van der Waals surface area (Å²) in [5, 5.41) is -0.276. The smallest absolute Gasteiger partial charge is 0.127 e. The van der Waals surface area contributed by atoms with Crippen molar-refractivity contribution >= 4 is 23.2 Å². The van der Waals surface area contributed by atoms with E-state index in [2.05, 4.69) is 0 Å². The highest BCUT2D eigenvalue weighted by Gasteiger charge is 2.48. The van der Waals surface area contributed by atoms with Crippen LogP contribution in [-0.4, -0.2) is 11.0 Å². The molecule has 18 heavy (non-hydrogen) atoms. The molecular formula is C15H18Cl2O. The number of ether oxygens (including phenoxy) is 1. The number of hydrogen-bond acceptors (Lipinski definition) is 1. The zero-order valence-electron chi connectivity index (χ0n) is 10.4. The van der Waals surface area contributed by atoms with Gasteiger partial charge in [-0.3, -0.25) is 0 Å². The summed E-state index contributed by atoms with van der Waals surface area (Å²) in [6.45, 7) is 0. The Hall–Kier alpha value is -0.400. The second-order valence-corrected chi connectivity index (χ2v) is 6.36. The zero-order valence-corrected chi connectivity index (χ0v) is 11.9. The van der Waals surface area contributed by atoms with Crippen molar-refractivity contribution in [1.29, 1.82) is 0 Å². The Bertz CT molecular complexity index is 424. The summed E-state index contributed by atoms with van der Waals surface area (Å²) < 4.78 is 6.31. The van der Waals surface area contributed by atoms with E-state index in [9.17, 15) is 0 Å². The van der Waals surface area contributed by atoms with Crippen molar-refractivity contribution in [2.75, 3.05) is 0 Å². The second kappa shape index (κ2) is 4.94. The average Bonchev–Trinajstić information content (AvgIpc) is 2.63. The van der Waals surface area contributed by atoms with Crippen LogP contribution in [0.3, 0.4) is 0 Å². The first-order valence-electron chi connectivity index (χ1n) is 6.79. The van der Waals surface area contributed by atoms with E-state index in [0.29, 0.717) is 0 Å².